The van der Waals surface area contributed by atoms with Crippen LogP contribution in [0.3, 0.4) is 0 Å². The van der Waals surface area contributed by atoms with Crippen molar-refractivity contribution in [1.29, 1.82) is 0 Å². The highest BCUT2D eigenvalue weighted by atomic mass is 79.9. The molecular weight excluding hydrogens is 672 g/mol. The molecule has 0 amide bonds. The van der Waals surface area contributed by atoms with Gasteiger partial charge < -0.3 is 18.9 Å². The first-order chi connectivity index (χ1) is 17.8. The van der Waals surface area contributed by atoms with Gasteiger partial charge in [0.2, 0.25) is 0 Å². The van der Waals surface area contributed by atoms with E-state index in [2.05, 4.69) is 54.4 Å². The first kappa shape index (κ1) is 27.6. The molecule has 1 aliphatic heterocycles. The summed E-state index contributed by atoms with van der Waals surface area (Å²) in [6, 6.07) is 21.2. The van der Waals surface area contributed by atoms with Gasteiger partial charge in [-0.25, -0.2) is 9.59 Å². The van der Waals surface area contributed by atoms with Crippen molar-refractivity contribution in [2.24, 2.45) is 0 Å². The molecule has 9 heteroatoms. The zero-order valence-electron chi connectivity index (χ0n) is 19.6. The van der Waals surface area contributed by atoms with E-state index in [-0.39, 0.29) is 6.61 Å². The Morgan fingerprint density at radius 3 is 1.78 bits per heavy atom. The quantitative estimate of drug-likeness (QED) is 0.184. The maximum absolute atomic E-state index is 12.9. The van der Waals surface area contributed by atoms with Crippen molar-refractivity contribution in [3.63, 3.8) is 0 Å². The van der Waals surface area contributed by atoms with Gasteiger partial charge in [0.05, 0.1) is 17.7 Å². The highest BCUT2D eigenvalue weighted by Gasteiger charge is 2.40. The minimum atomic E-state index is -0.748. The molecular formula is C28H23Br3O6. The molecule has 1 saturated heterocycles. The maximum atomic E-state index is 12.9. The van der Waals surface area contributed by atoms with Crippen LogP contribution in [0, 0.1) is 0 Å². The summed E-state index contributed by atoms with van der Waals surface area (Å²) in [5.41, 5.74) is 1.59. The Bertz CT molecular complexity index is 1240. The lowest BCUT2D eigenvalue weighted by Crippen LogP contribution is -2.50. The van der Waals surface area contributed by atoms with Gasteiger partial charge in [-0.15, -0.1) is 0 Å². The zero-order chi connectivity index (χ0) is 26.4. The second-order valence-electron chi connectivity index (χ2n) is 8.27. The van der Waals surface area contributed by atoms with Crippen LogP contribution < -0.4 is 0 Å². The van der Waals surface area contributed by atoms with Crippen LogP contribution in [0.1, 0.15) is 32.7 Å². The number of benzene rings is 3. The average Bonchev–Trinajstić information content (AvgIpc) is 2.89. The molecule has 37 heavy (non-hydrogen) atoms. The molecule has 3 aromatic rings. The Kier molecular flexibility index (Phi) is 9.59. The number of halogens is 3. The third-order valence-electron chi connectivity index (χ3n) is 5.71. The van der Waals surface area contributed by atoms with E-state index in [0.717, 1.165) is 19.0 Å². The van der Waals surface area contributed by atoms with Crippen LogP contribution in [0.2, 0.25) is 0 Å². The number of esters is 2. The second kappa shape index (κ2) is 12.9. The topological polar surface area (TPSA) is 71.1 Å². The summed E-state index contributed by atoms with van der Waals surface area (Å²) >= 11 is 10.1. The van der Waals surface area contributed by atoms with Crippen molar-refractivity contribution in [3.05, 3.63) is 109 Å². The molecule has 6 nitrogen and oxygen atoms in total. The van der Waals surface area contributed by atoms with Crippen molar-refractivity contribution < 1.29 is 28.5 Å². The predicted molar refractivity (Wildman–Crippen MR) is 150 cm³/mol. The molecule has 3 atom stereocenters. The molecule has 0 saturated carbocycles. The van der Waals surface area contributed by atoms with E-state index in [9.17, 15) is 9.59 Å². The predicted octanol–water partition coefficient (Wildman–Crippen LogP) is 7.20. The number of hydrogen-bond donors (Lipinski definition) is 0. The molecule has 0 aliphatic carbocycles. The smallest absolute Gasteiger partial charge is 0.338 e. The Hall–Kier alpha value is -2.46. The summed E-state index contributed by atoms with van der Waals surface area (Å²) in [6.07, 6.45) is -1.66. The van der Waals surface area contributed by atoms with Crippen LogP contribution in [-0.2, 0) is 18.9 Å². The van der Waals surface area contributed by atoms with Crippen molar-refractivity contribution in [1.82, 2.24) is 0 Å². The van der Waals surface area contributed by atoms with Crippen molar-refractivity contribution in [2.45, 2.75) is 24.7 Å². The highest BCUT2D eigenvalue weighted by molar-refractivity contribution is 9.11. The van der Waals surface area contributed by atoms with Gasteiger partial charge in [0.15, 0.2) is 6.10 Å². The van der Waals surface area contributed by atoms with Crippen LogP contribution >= 0.6 is 47.8 Å². The monoisotopic (exact) mass is 692 g/mol. The van der Waals surface area contributed by atoms with E-state index >= 15 is 0 Å². The molecule has 1 heterocycles. The summed E-state index contributed by atoms with van der Waals surface area (Å²) < 4.78 is 26.2. The number of rotatable bonds is 8. The summed E-state index contributed by atoms with van der Waals surface area (Å²) in [6.45, 7) is 4.29. The summed E-state index contributed by atoms with van der Waals surface area (Å²) in [5.74, 6) is -0.583. The maximum Gasteiger partial charge on any atom is 0.338 e. The Morgan fingerprint density at radius 2 is 1.24 bits per heavy atom. The lowest BCUT2D eigenvalue weighted by Gasteiger charge is -2.37. The normalized spacial score (nSPS) is 19.1. The largest absolute Gasteiger partial charge is 0.484 e. The molecule has 0 bridgehead atoms. The third kappa shape index (κ3) is 7.54. The fourth-order valence-corrected chi connectivity index (χ4v) is 4.53. The molecule has 0 radical (unpaired) electrons. The fourth-order valence-electron chi connectivity index (χ4n) is 3.74. The van der Waals surface area contributed by atoms with Crippen molar-refractivity contribution in [3.8, 4) is 0 Å². The first-order valence-corrected chi connectivity index (χ1v) is 13.8. The minimum Gasteiger partial charge on any atom is -0.484 e. The SMILES string of the molecule is C=C(OC1C(COC(=O)c2ccc(Br)cc2)OCCC1OC(=O)c1ccc(Br)cc1)c1ccc(Br)cc1. The van der Waals surface area contributed by atoms with E-state index in [0.29, 0.717) is 29.9 Å². The molecule has 192 valence electrons. The van der Waals surface area contributed by atoms with E-state index in [1.54, 1.807) is 48.5 Å². The highest BCUT2D eigenvalue weighted by Crippen LogP contribution is 2.28. The lowest BCUT2D eigenvalue weighted by atomic mass is 10.0. The van der Waals surface area contributed by atoms with Gasteiger partial charge in [-0.05, 0) is 60.7 Å². The summed E-state index contributed by atoms with van der Waals surface area (Å²) in [4.78, 5) is 25.5. The van der Waals surface area contributed by atoms with E-state index in [1.807, 2.05) is 24.3 Å². The average molecular weight is 695 g/mol. The van der Waals surface area contributed by atoms with Gasteiger partial charge in [0, 0.05) is 25.4 Å². The third-order valence-corrected chi connectivity index (χ3v) is 7.29. The van der Waals surface area contributed by atoms with Gasteiger partial charge >= 0.3 is 11.9 Å². The number of carbonyl (C=O) groups excluding carboxylic acids is 2. The van der Waals surface area contributed by atoms with Gasteiger partial charge in [0.1, 0.15) is 24.6 Å². The standard InChI is InChI=1S/C28H23Br3O6/c1-17(18-2-8-21(29)9-3-18)36-26-24(37-28(33)20-6-12-23(31)13-7-20)14-15-34-25(26)16-35-27(32)19-4-10-22(30)11-5-19/h2-13,24-26H,1,14-16H2. The van der Waals surface area contributed by atoms with E-state index < -0.39 is 30.3 Å². The van der Waals surface area contributed by atoms with Crippen LogP contribution in [0.4, 0.5) is 0 Å². The fraction of sp³-hybridized carbons (Fsp3) is 0.214. The van der Waals surface area contributed by atoms with Crippen LogP contribution in [0.5, 0.6) is 0 Å². The molecule has 1 fully saturated rings. The molecule has 0 N–H and O–H groups in total. The molecule has 3 aromatic carbocycles. The van der Waals surface area contributed by atoms with E-state index in [1.165, 1.54) is 0 Å². The van der Waals surface area contributed by atoms with Gasteiger partial charge in [-0.3, -0.25) is 0 Å². The molecule has 3 unspecified atom stereocenters. The molecule has 0 aromatic heterocycles. The number of hydrogen-bond acceptors (Lipinski definition) is 6. The Balaban J connectivity index is 1.51. The van der Waals surface area contributed by atoms with Gasteiger partial charge in [0.25, 0.3) is 0 Å². The van der Waals surface area contributed by atoms with Crippen LogP contribution in [0.25, 0.3) is 5.76 Å². The Labute approximate surface area is 240 Å². The lowest BCUT2D eigenvalue weighted by molar-refractivity contribution is -0.149. The molecule has 4 rings (SSSR count). The molecule has 1 aliphatic rings. The van der Waals surface area contributed by atoms with Crippen LogP contribution in [-0.4, -0.2) is 43.5 Å². The van der Waals surface area contributed by atoms with Crippen molar-refractivity contribution in [2.75, 3.05) is 13.2 Å². The first-order valence-electron chi connectivity index (χ1n) is 11.4. The van der Waals surface area contributed by atoms with Gasteiger partial charge in [-0.2, -0.15) is 0 Å². The second-order valence-corrected chi connectivity index (χ2v) is 11.0. The van der Waals surface area contributed by atoms with Crippen LogP contribution in [0.15, 0.2) is 92.8 Å². The summed E-state index contributed by atoms with van der Waals surface area (Å²) in [7, 11) is 0. The van der Waals surface area contributed by atoms with E-state index in [4.69, 9.17) is 18.9 Å². The number of carbonyl (C=O) groups is 2. The molecule has 0 spiro atoms. The summed E-state index contributed by atoms with van der Waals surface area (Å²) in [5, 5.41) is 0. The number of ether oxygens (including phenoxy) is 4. The zero-order valence-corrected chi connectivity index (χ0v) is 24.3. The van der Waals surface area contributed by atoms with Gasteiger partial charge in [-0.1, -0.05) is 66.5 Å². The Morgan fingerprint density at radius 1 is 0.757 bits per heavy atom. The minimum absolute atomic E-state index is 0.0838. The van der Waals surface area contributed by atoms with Crippen molar-refractivity contribution >= 4 is 65.5 Å².